The van der Waals surface area contributed by atoms with E-state index in [1.54, 1.807) is 0 Å². The van der Waals surface area contributed by atoms with Gasteiger partial charge >= 0.3 is 0 Å². The first kappa shape index (κ1) is 11.5. The zero-order chi connectivity index (χ0) is 12.1. The van der Waals surface area contributed by atoms with Crippen molar-refractivity contribution >= 4 is 5.69 Å². The predicted molar refractivity (Wildman–Crippen MR) is 71.2 cm³/mol. The van der Waals surface area contributed by atoms with E-state index >= 15 is 0 Å². The predicted octanol–water partition coefficient (Wildman–Crippen LogP) is 3.20. The summed E-state index contributed by atoms with van der Waals surface area (Å²) >= 11 is 0. The van der Waals surface area contributed by atoms with E-state index in [-0.39, 0.29) is 0 Å². The number of anilines is 1. The van der Waals surface area contributed by atoms with Gasteiger partial charge in [0.05, 0.1) is 6.61 Å². The Morgan fingerprint density at radius 1 is 1.00 bits per heavy atom. The molecule has 2 N–H and O–H groups in total. The molecule has 0 aliphatic rings. The van der Waals surface area contributed by atoms with E-state index in [1.807, 2.05) is 42.5 Å². The van der Waals surface area contributed by atoms with Crippen LogP contribution in [0.3, 0.4) is 0 Å². The minimum absolute atomic E-state index is 0.689. The molecule has 0 spiro atoms. The first-order valence-corrected chi connectivity index (χ1v) is 5.78. The monoisotopic (exact) mass is 227 g/mol. The smallest absolute Gasteiger partial charge is 0.122 e. The van der Waals surface area contributed by atoms with Crippen LogP contribution >= 0.6 is 0 Å². The minimum Gasteiger partial charge on any atom is -0.493 e. The Morgan fingerprint density at radius 3 is 2.41 bits per heavy atom. The second-order valence-corrected chi connectivity index (χ2v) is 4.11. The van der Waals surface area contributed by atoms with E-state index in [9.17, 15) is 0 Å². The van der Waals surface area contributed by atoms with Crippen LogP contribution in [0.15, 0.2) is 48.5 Å². The van der Waals surface area contributed by atoms with E-state index in [2.05, 4.69) is 13.0 Å². The van der Waals surface area contributed by atoms with Crippen molar-refractivity contribution in [2.45, 2.75) is 13.3 Å². The number of ether oxygens (including phenoxy) is 1. The standard InChI is InChI=1S/C15H17NO/c1-12-4-2-3-5-15(12)17-11-10-13-6-8-14(16)9-7-13/h2-9H,10-11,16H2,1H3. The third-order valence-corrected chi connectivity index (χ3v) is 2.72. The Bertz CT molecular complexity index is 477. The largest absolute Gasteiger partial charge is 0.493 e. The molecular formula is C15H17NO. The molecule has 0 unspecified atom stereocenters. The van der Waals surface area contributed by atoms with Gasteiger partial charge in [0.15, 0.2) is 0 Å². The summed E-state index contributed by atoms with van der Waals surface area (Å²) in [6, 6.07) is 16.0. The fourth-order valence-corrected chi connectivity index (χ4v) is 1.68. The van der Waals surface area contributed by atoms with Crippen molar-refractivity contribution in [1.82, 2.24) is 0 Å². The molecule has 2 nitrogen and oxygen atoms in total. The lowest BCUT2D eigenvalue weighted by Gasteiger charge is -2.08. The van der Waals surface area contributed by atoms with E-state index in [4.69, 9.17) is 10.5 Å². The molecule has 0 saturated carbocycles. The Hall–Kier alpha value is -1.96. The van der Waals surface area contributed by atoms with Crippen LogP contribution in [-0.2, 0) is 6.42 Å². The van der Waals surface area contributed by atoms with Crippen molar-refractivity contribution in [3.05, 3.63) is 59.7 Å². The number of rotatable bonds is 4. The first-order valence-electron chi connectivity index (χ1n) is 5.78. The van der Waals surface area contributed by atoms with Gasteiger partial charge in [-0.15, -0.1) is 0 Å². The van der Waals surface area contributed by atoms with Crippen LogP contribution in [0.5, 0.6) is 5.75 Å². The van der Waals surface area contributed by atoms with Crippen LogP contribution in [0.1, 0.15) is 11.1 Å². The Labute approximate surface area is 102 Å². The maximum absolute atomic E-state index is 5.74. The van der Waals surface area contributed by atoms with Gasteiger partial charge in [-0.2, -0.15) is 0 Å². The average Bonchev–Trinajstić information content (AvgIpc) is 2.34. The van der Waals surface area contributed by atoms with Crippen LogP contribution in [0.25, 0.3) is 0 Å². The summed E-state index contributed by atoms with van der Waals surface area (Å²) in [6.45, 7) is 2.74. The third-order valence-electron chi connectivity index (χ3n) is 2.72. The van der Waals surface area contributed by atoms with Gasteiger partial charge in [0, 0.05) is 12.1 Å². The Morgan fingerprint density at radius 2 is 1.71 bits per heavy atom. The molecule has 88 valence electrons. The molecule has 0 aliphatic heterocycles. The molecular weight excluding hydrogens is 210 g/mol. The quantitative estimate of drug-likeness (QED) is 0.814. The molecule has 0 aliphatic carbocycles. The van der Waals surface area contributed by atoms with Gasteiger partial charge in [0.2, 0.25) is 0 Å². The maximum atomic E-state index is 5.74. The second kappa shape index (κ2) is 5.39. The number of hydrogen-bond donors (Lipinski definition) is 1. The van der Waals surface area contributed by atoms with Crippen LogP contribution in [0.2, 0.25) is 0 Å². The van der Waals surface area contributed by atoms with Gasteiger partial charge in [-0.1, -0.05) is 30.3 Å². The number of para-hydroxylation sites is 1. The molecule has 0 radical (unpaired) electrons. The van der Waals surface area contributed by atoms with E-state index in [0.717, 1.165) is 17.9 Å². The van der Waals surface area contributed by atoms with Gasteiger partial charge in [-0.25, -0.2) is 0 Å². The Kier molecular flexibility index (Phi) is 3.66. The van der Waals surface area contributed by atoms with Crippen LogP contribution in [0.4, 0.5) is 5.69 Å². The fraction of sp³-hybridized carbons (Fsp3) is 0.200. The van der Waals surface area contributed by atoms with Gasteiger partial charge in [-0.05, 0) is 36.2 Å². The fourth-order valence-electron chi connectivity index (χ4n) is 1.68. The molecule has 0 bridgehead atoms. The summed E-state index contributed by atoms with van der Waals surface area (Å²) < 4.78 is 5.74. The zero-order valence-electron chi connectivity index (χ0n) is 10.0. The topological polar surface area (TPSA) is 35.2 Å². The molecule has 0 amide bonds. The van der Waals surface area contributed by atoms with Gasteiger partial charge in [0.25, 0.3) is 0 Å². The van der Waals surface area contributed by atoms with Crippen LogP contribution in [-0.4, -0.2) is 6.61 Å². The van der Waals surface area contributed by atoms with Crippen molar-refractivity contribution in [3.8, 4) is 5.75 Å². The number of nitrogens with two attached hydrogens (primary N) is 1. The average molecular weight is 227 g/mol. The van der Waals surface area contributed by atoms with Gasteiger partial charge in [-0.3, -0.25) is 0 Å². The van der Waals surface area contributed by atoms with Crippen LogP contribution in [0, 0.1) is 6.92 Å². The van der Waals surface area contributed by atoms with Crippen molar-refractivity contribution in [1.29, 1.82) is 0 Å². The summed E-state index contributed by atoms with van der Waals surface area (Å²) in [6.07, 6.45) is 0.897. The third kappa shape index (κ3) is 3.25. The van der Waals surface area contributed by atoms with Gasteiger partial charge < -0.3 is 10.5 Å². The molecule has 2 aromatic carbocycles. The van der Waals surface area contributed by atoms with Crippen molar-refractivity contribution in [2.24, 2.45) is 0 Å². The molecule has 0 atom stereocenters. The highest BCUT2D eigenvalue weighted by Gasteiger charge is 1.98. The SMILES string of the molecule is Cc1ccccc1OCCc1ccc(N)cc1. The second-order valence-electron chi connectivity index (χ2n) is 4.11. The van der Waals surface area contributed by atoms with Gasteiger partial charge in [0.1, 0.15) is 5.75 Å². The number of benzene rings is 2. The van der Waals surface area contributed by atoms with Crippen molar-refractivity contribution < 1.29 is 4.74 Å². The Balaban J connectivity index is 1.88. The lowest BCUT2D eigenvalue weighted by Crippen LogP contribution is -2.02. The number of hydrogen-bond acceptors (Lipinski definition) is 2. The van der Waals surface area contributed by atoms with Crippen LogP contribution < -0.4 is 10.5 Å². The lowest BCUT2D eigenvalue weighted by atomic mass is 10.1. The highest BCUT2D eigenvalue weighted by molar-refractivity contribution is 5.39. The first-order chi connectivity index (χ1) is 8.25. The lowest BCUT2D eigenvalue weighted by molar-refractivity contribution is 0.320. The highest BCUT2D eigenvalue weighted by atomic mass is 16.5. The molecule has 2 rings (SSSR count). The summed E-state index contributed by atoms with van der Waals surface area (Å²) in [5.41, 5.74) is 8.85. The van der Waals surface area contributed by atoms with E-state index in [1.165, 1.54) is 11.1 Å². The molecule has 0 heterocycles. The minimum atomic E-state index is 0.689. The molecule has 2 heteroatoms. The maximum Gasteiger partial charge on any atom is 0.122 e. The number of aryl methyl sites for hydroxylation is 1. The summed E-state index contributed by atoms with van der Waals surface area (Å²) in [5.74, 6) is 0.961. The van der Waals surface area contributed by atoms with E-state index in [0.29, 0.717) is 6.61 Å². The normalized spacial score (nSPS) is 10.2. The summed E-state index contributed by atoms with van der Waals surface area (Å²) in [4.78, 5) is 0. The van der Waals surface area contributed by atoms with E-state index < -0.39 is 0 Å². The zero-order valence-corrected chi connectivity index (χ0v) is 10.0. The van der Waals surface area contributed by atoms with Crippen molar-refractivity contribution in [2.75, 3.05) is 12.3 Å². The summed E-state index contributed by atoms with van der Waals surface area (Å²) in [5, 5.41) is 0. The molecule has 0 fully saturated rings. The molecule has 0 saturated heterocycles. The molecule has 2 aromatic rings. The molecule has 0 aromatic heterocycles. The highest BCUT2D eigenvalue weighted by Crippen LogP contribution is 2.16. The molecule has 17 heavy (non-hydrogen) atoms. The number of nitrogen functional groups attached to an aromatic ring is 1. The summed E-state index contributed by atoms with van der Waals surface area (Å²) in [7, 11) is 0. The van der Waals surface area contributed by atoms with Crippen molar-refractivity contribution in [3.63, 3.8) is 0 Å².